The zero-order valence-electron chi connectivity index (χ0n) is 21.8. The molecule has 0 aliphatic carbocycles. The van der Waals surface area contributed by atoms with E-state index in [2.05, 4.69) is 29.9 Å². The molecule has 10 heteroatoms. The van der Waals surface area contributed by atoms with Crippen molar-refractivity contribution in [1.29, 1.82) is 0 Å². The summed E-state index contributed by atoms with van der Waals surface area (Å²) in [4.78, 5) is 28.4. The van der Waals surface area contributed by atoms with Gasteiger partial charge in [-0.25, -0.2) is 4.79 Å². The van der Waals surface area contributed by atoms with E-state index < -0.39 is 43.2 Å². The SMILES string of the molecule is CCCCCCCCC=CCCCCCCCC(=O)NCC(=O)ONC1C(O)OC(CO)C(O)C1O. The highest BCUT2D eigenvalue weighted by Crippen LogP contribution is 2.19. The van der Waals surface area contributed by atoms with Crippen LogP contribution in [-0.2, 0) is 19.2 Å². The maximum atomic E-state index is 11.9. The summed E-state index contributed by atoms with van der Waals surface area (Å²) in [7, 11) is 0. The molecule has 0 aromatic carbocycles. The van der Waals surface area contributed by atoms with E-state index in [4.69, 9.17) is 14.7 Å². The van der Waals surface area contributed by atoms with Gasteiger partial charge in [-0.15, -0.1) is 5.48 Å². The molecule has 0 radical (unpaired) electrons. The van der Waals surface area contributed by atoms with Crippen LogP contribution in [0.15, 0.2) is 12.2 Å². The van der Waals surface area contributed by atoms with Crippen LogP contribution < -0.4 is 10.8 Å². The van der Waals surface area contributed by atoms with Crippen molar-refractivity contribution in [2.24, 2.45) is 0 Å². The molecular formula is C26H48N2O8. The van der Waals surface area contributed by atoms with Crippen molar-refractivity contribution in [1.82, 2.24) is 10.8 Å². The van der Waals surface area contributed by atoms with Crippen molar-refractivity contribution in [2.75, 3.05) is 13.2 Å². The molecule has 5 atom stereocenters. The molecule has 10 nitrogen and oxygen atoms in total. The molecule has 1 aliphatic heterocycles. The third-order valence-corrected chi connectivity index (χ3v) is 6.30. The van der Waals surface area contributed by atoms with Crippen molar-refractivity contribution in [3.05, 3.63) is 12.2 Å². The van der Waals surface area contributed by atoms with Crippen molar-refractivity contribution in [3.8, 4) is 0 Å². The van der Waals surface area contributed by atoms with Crippen LogP contribution in [0.5, 0.6) is 0 Å². The quantitative estimate of drug-likeness (QED) is 0.0808. The lowest BCUT2D eigenvalue weighted by molar-refractivity contribution is -0.267. The lowest BCUT2D eigenvalue weighted by Crippen LogP contribution is -2.63. The Morgan fingerprint density at radius 2 is 1.44 bits per heavy atom. The maximum absolute atomic E-state index is 11.9. The lowest BCUT2D eigenvalue weighted by Gasteiger charge is -2.39. The standard InChI is InChI=1S/C26H48N2O8/c1-2-3-4-5-6-7-8-9-10-11-12-13-14-15-16-17-21(30)27-18-22(31)36-28-23-25(33)24(32)20(19-29)35-26(23)34/h9-10,20,23-26,28-29,32-34H,2-8,11-19H2,1H3,(H,27,30). The second-order valence-electron chi connectivity index (χ2n) is 9.46. The molecule has 0 saturated carbocycles. The molecule has 0 aromatic heterocycles. The molecule has 1 fully saturated rings. The molecule has 6 N–H and O–H groups in total. The van der Waals surface area contributed by atoms with Gasteiger partial charge in [0.1, 0.15) is 30.9 Å². The summed E-state index contributed by atoms with van der Waals surface area (Å²) in [6.07, 6.45) is 14.5. The fourth-order valence-corrected chi connectivity index (χ4v) is 4.01. The summed E-state index contributed by atoms with van der Waals surface area (Å²) < 4.78 is 4.95. The van der Waals surface area contributed by atoms with Gasteiger partial charge in [0.15, 0.2) is 6.29 Å². The predicted octanol–water partition coefficient (Wildman–Crippen LogP) is 1.99. The Kier molecular flexibility index (Phi) is 18.5. The van der Waals surface area contributed by atoms with Gasteiger partial charge in [-0.05, 0) is 32.1 Å². The molecule has 1 rings (SSSR count). The summed E-state index contributed by atoms with van der Waals surface area (Å²) in [5, 5.41) is 41.1. The Balaban J connectivity index is 1.98. The number of aliphatic hydroxyl groups is 4. The third kappa shape index (κ3) is 14.2. The summed E-state index contributed by atoms with van der Waals surface area (Å²) in [6, 6.07) is -1.31. The van der Waals surface area contributed by atoms with Crippen molar-refractivity contribution >= 4 is 11.9 Å². The van der Waals surface area contributed by atoms with Gasteiger partial charge in [0.05, 0.1) is 6.61 Å². The van der Waals surface area contributed by atoms with Gasteiger partial charge in [0, 0.05) is 6.42 Å². The predicted molar refractivity (Wildman–Crippen MR) is 135 cm³/mol. The van der Waals surface area contributed by atoms with Crippen LogP contribution in [0.3, 0.4) is 0 Å². The number of hydroxylamine groups is 1. The minimum absolute atomic E-state index is 0.258. The molecular weight excluding hydrogens is 468 g/mol. The van der Waals surface area contributed by atoms with Crippen molar-refractivity contribution in [3.63, 3.8) is 0 Å². The topological polar surface area (TPSA) is 158 Å². The molecule has 0 aromatic rings. The van der Waals surface area contributed by atoms with Gasteiger partial charge < -0.3 is 35.3 Å². The number of ether oxygens (including phenoxy) is 1. The Bertz CT molecular complexity index is 619. The largest absolute Gasteiger partial charge is 0.394 e. The minimum Gasteiger partial charge on any atom is -0.394 e. The van der Waals surface area contributed by atoms with E-state index >= 15 is 0 Å². The number of aliphatic hydroxyl groups excluding tert-OH is 4. The van der Waals surface area contributed by atoms with Crippen molar-refractivity contribution in [2.45, 2.75) is 127 Å². The lowest BCUT2D eigenvalue weighted by atomic mass is 9.98. The van der Waals surface area contributed by atoms with Gasteiger partial charge in [0.25, 0.3) is 0 Å². The van der Waals surface area contributed by atoms with Crippen LogP contribution >= 0.6 is 0 Å². The highest BCUT2D eigenvalue weighted by molar-refractivity contribution is 5.81. The summed E-state index contributed by atoms with van der Waals surface area (Å²) in [5.41, 5.74) is 2.15. The average molecular weight is 517 g/mol. The first kappa shape index (κ1) is 32.5. The molecule has 1 aliphatic rings. The second kappa shape index (κ2) is 20.5. The summed E-state index contributed by atoms with van der Waals surface area (Å²) >= 11 is 0. The van der Waals surface area contributed by atoms with E-state index in [1.54, 1.807) is 0 Å². The zero-order chi connectivity index (χ0) is 26.6. The fourth-order valence-electron chi connectivity index (χ4n) is 4.01. The number of nitrogens with one attached hydrogen (secondary N) is 2. The van der Waals surface area contributed by atoms with Gasteiger partial charge >= 0.3 is 5.97 Å². The minimum atomic E-state index is -1.61. The number of hydrogen-bond acceptors (Lipinski definition) is 9. The number of rotatable bonds is 20. The van der Waals surface area contributed by atoms with Crippen LogP contribution in [-0.4, -0.2) is 76.1 Å². The summed E-state index contributed by atoms with van der Waals surface area (Å²) in [5.74, 6) is -1.09. The van der Waals surface area contributed by atoms with E-state index in [0.29, 0.717) is 6.42 Å². The smallest absolute Gasteiger partial charge is 0.344 e. The molecule has 1 amide bonds. The Morgan fingerprint density at radius 3 is 2.06 bits per heavy atom. The molecule has 0 bridgehead atoms. The van der Waals surface area contributed by atoms with Crippen LogP contribution in [0, 0.1) is 0 Å². The Morgan fingerprint density at radius 1 is 0.861 bits per heavy atom. The first-order chi connectivity index (χ1) is 17.4. The number of carbonyl (C=O) groups is 2. The average Bonchev–Trinajstić information content (AvgIpc) is 2.87. The number of unbranched alkanes of at least 4 members (excludes halogenated alkanes) is 11. The molecule has 0 spiro atoms. The van der Waals surface area contributed by atoms with E-state index in [1.165, 1.54) is 44.9 Å². The molecule has 210 valence electrons. The van der Waals surface area contributed by atoms with Crippen LogP contribution in [0.1, 0.15) is 96.8 Å². The van der Waals surface area contributed by atoms with Gasteiger partial charge in [-0.2, -0.15) is 0 Å². The second-order valence-corrected chi connectivity index (χ2v) is 9.46. The monoisotopic (exact) mass is 516 g/mol. The van der Waals surface area contributed by atoms with Gasteiger partial charge in [-0.3, -0.25) is 4.79 Å². The molecule has 1 saturated heterocycles. The zero-order valence-corrected chi connectivity index (χ0v) is 21.8. The van der Waals surface area contributed by atoms with Crippen LogP contribution in [0.4, 0.5) is 0 Å². The van der Waals surface area contributed by atoms with E-state index in [1.807, 2.05) is 0 Å². The number of allylic oxidation sites excluding steroid dienone is 2. The highest BCUT2D eigenvalue weighted by atomic mass is 16.7. The first-order valence-electron chi connectivity index (χ1n) is 13.6. The normalized spacial score (nSPS) is 24.2. The first-order valence-corrected chi connectivity index (χ1v) is 13.6. The van der Waals surface area contributed by atoms with Crippen LogP contribution in [0.25, 0.3) is 0 Å². The maximum Gasteiger partial charge on any atom is 0.344 e. The molecule has 5 unspecified atom stereocenters. The highest BCUT2D eigenvalue weighted by Gasteiger charge is 2.44. The van der Waals surface area contributed by atoms with E-state index in [-0.39, 0.29) is 12.5 Å². The van der Waals surface area contributed by atoms with Gasteiger partial charge in [0.2, 0.25) is 5.91 Å². The third-order valence-electron chi connectivity index (χ3n) is 6.30. The Hall–Kier alpha value is -1.56. The van der Waals surface area contributed by atoms with E-state index in [9.17, 15) is 24.9 Å². The van der Waals surface area contributed by atoms with E-state index in [0.717, 1.165) is 38.5 Å². The molecule has 36 heavy (non-hydrogen) atoms. The van der Waals surface area contributed by atoms with Gasteiger partial charge in [-0.1, -0.05) is 70.4 Å². The number of carbonyl (C=O) groups excluding carboxylic acids is 2. The summed E-state index contributed by atoms with van der Waals surface area (Å²) in [6.45, 7) is 1.27. The number of hydrogen-bond donors (Lipinski definition) is 6. The number of amides is 1. The molecule has 1 heterocycles. The Labute approximate surface area is 215 Å². The fraction of sp³-hybridized carbons (Fsp3) is 0.846. The van der Waals surface area contributed by atoms with Crippen LogP contribution in [0.2, 0.25) is 0 Å². The van der Waals surface area contributed by atoms with Crippen molar-refractivity contribution < 1.29 is 39.6 Å².